The molecule has 0 fully saturated rings. The first-order chi connectivity index (χ1) is 9.41. The summed E-state index contributed by atoms with van der Waals surface area (Å²) in [6.07, 6.45) is 0.664. The zero-order valence-corrected chi connectivity index (χ0v) is 11.5. The lowest BCUT2D eigenvalue weighted by Gasteiger charge is -2.07. The Bertz CT molecular complexity index is 145. The maximum absolute atomic E-state index is 8.52. The van der Waals surface area contributed by atoms with Crippen molar-refractivity contribution in [3.63, 3.8) is 0 Å². The minimum Gasteiger partial charge on any atom is -0.396 e. The first-order valence-corrected chi connectivity index (χ1v) is 6.65. The second-order valence-electron chi connectivity index (χ2n) is 3.68. The summed E-state index contributed by atoms with van der Waals surface area (Å²) in [5.41, 5.74) is 0. The molecule has 0 amide bonds. The van der Waals surface area contributed by atoms with Gasteiger partial charge in [0.1, 0.15) is 0 Å². The zero-order valence-electron chi connectivity index (χ0n) is 11.5. The van der Waals surface area contributed by atoms with Crippen LogP contribution in [0.2, 0.25) is 0 Å². The molecule has 0 saturated carbocycles. The van der Waals surface area contributed by atoms with Crippen molar-refractivity contribution in [1.29, 1.82) is 0 Å². The molecule has 116 valence electrons. The predicted molar refractivity (Wildman–Crippen MR) is 70.1 cm³/mol. The van der Waals surface area contributed by atoms with E-state index < -0.39 is 0 Å². The summed E-state index contributed by atoms with van der Waals surface area (Å²) < 4.78 is 21.0. The number of aliphatic hydroxyl groups is 2. The van der Waals surface area contributed by atoms with Crippen molar-refractivity contribution >= 4 is 0 Å². The fraction of sp³-hybridized carbons (Fsp3) is 1.00. The number of hydrogen-bond acceptors (Lipinski definition) is 7. The minimum atomic E-state index is -0.0269. The van der Waals surface area contributed by atoms with Crippen LogP contribution in [0, 0.1) is 0 Å². The van der Waals surface area contributed by atoms with Crippen molar-refractivity contribution in [2.24, 2.45) is 0 Å². The van der Waals surface area contributed by atoms with Crippen molar-refractivity contribution in [3.8, 4) is 0 Å². The lowest BCUT2D eigenvalue weighted by atomic mass is 10.5. The molecule has 7 heteroatoms. The highest BCUT2D eigenvalue weighted by Gasteiger charge is 1.92. The van der Waals surface area contributed by atoms with E-state index in [1.54, 1.807) is 0 Å². The molecule has 0 saturated heterocycles. The average Bonchev–Trinajstić information content (AvgIpc) is 2.43. The van der Waals surface area contributed by atoms with Gasteiger partial charge in [-0.25, -0.2) is 0 Å². The van der Waals surface area contributed by atoms with E-state index in [1.165, 1.54) is 0 Å². The summed E-state index contributed by atoms with van der Waals surface area (Å²) in [5.74, 6) is 0. The van der Waals surface area contributed by atoms with Crippen molar-refractivity contribution in [1.82, 2.24) is 5.32 Å². The zero-order chi connectivity index (χ0) is 14.0. The number of nitrogens with one attached hydrogen (secondary N) is 1. The molecule has 0 radical (unpaired) electrons. The Balaban J connectivity index is 2.88. The highest BCUT2D eigenvalue weighted by atomic mass is 16.6. The van der Waals surface area contributed by atoms with Gasteiger partial charge in [0.2, 0.25) is 0 Å². The van der Waals surface area contributed by atoms with Crippen LogP contribution >= 0.6 is 0 Å². The van der Waals surface area contributed by atoms with Crippen LogP contribution in [0.15, 0.2) is 0 Å². The van der Waals surface area contributed by atoms with Gasteiger partial charge >= 0.3 is 0 Å². The molecule has 3 N–H and O–H groups in total. The molecule has 0 aromatic rings. The van der Waals surface area contributed by atoms with E-state index in [0.717, 1.165) is 0 Å². The maximum Gasteiger partial charge on any atom is 0.0932 e. The Kier molecular flexibility index (Phi) is 17.5. The van der Waals surface area contributed by atoms with Gasteiger partial charge in [-0.05, 0) is 6.42 Å². The average molecular weight is 281 g/mol. The molecule has 0 bridgehead atoms. The molecular weight excluding hydrogens is 254 g/mol. The lowest BCUT2D eigenvalue weighted by molar-refractivity contribution is -0.00286. The van der Waals surface area contributed by atoms with Crippen LogP contribution in [-0.2, 0) is 18.9 Å². The second kappa shape index (κ2) is 17.7. The third kappa shape index (κ3) is 17.7. The van der Waals surface area contributed by atoms with Crippen molar-refractivity contribution in [3.05, 3.63) is 0 Å². The Morgan fingerprint density at radius 2 is 1.11 bits per heavy atom. The van der Waals surface area contributed by atoms with Crippen LogP contribution in [0.4, 0.5) is 0 Å². The predicted octanol–water partition coefficient (Wildman–Crippen LogP) is -1.03. The maximum atomic E-state index is 8.52. The quantitative estimate of drug-likeness (QED) is 0.246. The van der Waals surface area contributed by atoms with E-state index in [2.05, 4.69) is 5.32 Å². The topological polar surface area (TPSA) is 89.4 Å². The van der Waals surface area contributed by atoms with Crippen LogP contribution in [-0.4, -0.2) is 83.0 Å². The van der Waals surface area contributed by atoms with Gasteiger partial charge in [-0.3, -0.25) is 5.32 Å². The van der Waals surface area contributed by atoms with E-state index in [0.29, 0.717) is 65.8 Å². The molecule has 0 aliphatic carbocycles. The van der Waals surface area contributed by atoms with Crippen LogP contribution in [0.1, 0.15) is 6.42 Å². The summed E-state index contributed by atoms with van der Waals surface area (Å²) >= 11 is 0. The summed E-state index contributed by atoms with van der Waals surface area (Å²) in [5, 5.41) is 19.7. The Morgan fingerprint density at radius 3 is 1.58 bits per heavy atom. The van der Waals surface area contributed by atoms with E-state index >= 15 is 0 Å². The smallest absolute Gasteiger partial charge is 0.0932 e. The summed E-state index contributed by atoms with van der Waals surface area (Å²) in [6.45, 7) is 5.13. The standard InChI is InChI=1S/C12H27NO6/c14-3-1-4-16-6-8-18-10-11-19-9-7-17-5-2-13-12-15/h13-15H,1-12H2. The molecule has 0 spiro atoms. The fourth-order valence-electron chi connectivity index (χ4n) is 1.15. The van der Waals surface area contributed by atoms with Gasteiger partial charge in [-0.2, -0.15) is 0 Å². The van der Waals surface area contributed by atoms with Crippen molar-refractivity contribution in [2.75, 3.05) is 72.7 Å². The highest BCUT2D eigenvalue weighted by molar-refractivity contribution is 4.38. The molecule has 0 aliphatic heterocycles. The van der Waals surface area contributed by atoms with Gasteiger partial charge in [0.05, 0.1) is 53.0 Å². The van der Waals surface area contributed by atoms with Crippen LogP contribution in [0.5, 0.6) is 0 Å². The lowest BCUT2D eigenvalue weighted by Crippen LogP contribution is -2.21. The number of aliphatic hydroxyl groups excluding tert-OH is 2. The molecular formula is C12H27NO6. The molecule has 0 atom stereocenters. The van der Waals surface area contributed by atoms with Gasteiger partial charge in [0, 0.05) is 19.8 Å². The fourth-order valence-corrected chi connectivity index (χ4v) is 1.15. The van der Waals surface area contributed by atoms with Crippen LogP contribution in [0.3, 0.4) is 0 Å². The van der Waals surface area contributed by atoms with Gasteiger partial charge < -0.3 is 29.2 Å². The van der Waals surface area contributed by atoms with Crippen LogP contribution < -0.4 is 5.32 Å². The first kappa shape index (κ1) is 18.7. The third-order valence-electron chi connectivity index (χ3n) is 2.10. The second-order valence-corrected chi connectivity index (χ2v) is 3.68. The largest absolute Gasteiger partial charge is 0.396 e. The molecule has 0 aliphatic rings. The summed E-state index contributed by atoms with van der Waals surface area (Å²) in [7, 11) is 0. The Hall–Kier alpha value is -0.280. The molecule has 0 rings (SSSR count). The van der Waals surface area contributed by atoms with E-state index in [-0.39, 0.29) is 13.3 Å². The monoisotopic (exact) mass is 281 g/mol. The first-order valence-electron chi connectivity index (χ1n) is 6.65. The molecule has 0 aromatic heterocycles. The molecule has 0 heterocycles. The van der Waals surface area contributed by atoms with E-state index in [9.17, 15) is 0 Å². The molecule has 7 nitrogen and oxygen atoms in total. The van der Waals surface area contributed by atoms with Crippen LogP contribution in [0.25, 0.3) is 0 Å². The summed E-state index contributed by atoms with van der Waals surface area (Å²) in [4.78, 5) is 0. The molecule has 19 heavy (non-hydrogen) atoms. The van der Waals surface area contributed by atoms with Gasteiger partial charge in [0.25, 0.3) is 0 Å². The Labute approximate surface area is 114 Å². The van der Waals surface area contributed by atoms with Gasteiger partial charge in [0.15, 0.2) is 0 Å². The third-order valence-corrected chi connectivity index (χ3v) is 2.10. The number of ether oxygens (including phenoxy) is 4. The number of rotatable bonds is 16. The number of hydrogen-bond donors (Lipinski definition) is 3. The summed E-state index contributed by atoms with van der Waals surface area (Å²) in [6, 6.07) is 0. The van der Waals surface area contributed by atoms with Crippen molar-refractivity contribution in [2.45, 2.75) is 6.42 Å². The van der Waals surface area contributed by atoms with Gasteiger partial charge in [-0.15, -0.1) is 0 Å². The highest BCUT2D eigenvalue weighted by Crippen LogP contribution is 1.84. The normalized spacial score (nSPS) is 11.1. The Morgan fingerprint density at radius 1 is 0.632 bits per heavy atom. The molecule has 0 unspecified atom stereocenters. The van der Waals surface area contributed by atoms with E-state index in [1.807, 2.05) is 0 Å². The van der Waals surface area contributed by atoms with Gasteiger partial charge in [-0.1, -0.05) is 0 Å². The molecule has 0 aromatic carbocycles. The SMILES string of the molecule is OCCCOCCOCCOCCOCCNCO. The van der Waals surface area contributed by atoms with E-state index in [4.69, 9.17) is 29.2 Å². The van der Waals surface area contributed by atoms with Crippen molar-refractivity contribution < 1.29 is 29.2 Å². The minimum absolute atomic E-state index is 0.0269.